The molecule has 1 aromatic rings. The lowest BCUT2D eigenvalue weighted by atomic mass is 10.1. The fourth-order valence-corrected chi connectivity index (χ4v) is 3.41. The molecule has 0 saturated carbocycles. The number of imide groups is 1. The van der Waals surface area contributed by atoms with Gasteiger partial charge in [-0.15, -0.1) is 0 Å². The minimum absolute atomic E-state index is 0.0981. The number of methoxy groups -OCH3 is 1. The average Bonchev–Trinajstić information content (AvgIpc) is 3.15. The molecule has 130 valence electrons. The Balaban J connectivity index is 1.92. The number of hydrogen-bond donors (Lipinski definition) is 1. The number of ether oxygens (including phenoxy) is 2. The van der Waals surface area contributed by atoms with E-state index in [-0.39, 0.29) is 28.9 Å². The normalized spacial score (nSPS) is 20.3. The number of nitrogens with zero attached hydrogens (tertiary/aromatic N) is 1. The second kappa shape index (κ2) is 6.60. The van der Waals surface area contributed by atoms with Crippen molar-refractivity contribution in [3.05, 3.63) is 46.1 Å². The van der Waals surface area contributed by atoms with Gasteiger partial charge in [-0.25, -0.2) is 9.10 Å². The summed E-state index contributed by atoms with van der Waals surface area (Å²) in [4.78, 5) is 47.6. The molecular weight excluding hydrogens is 350 g/mol. The van der Waals surface area contributed by atoms with Crippen LogP contribution in [0.25, 0.3) is 0 Å². The fraction of sp³-hybridized carbons (Fsp3) is 0.250. The second-order valence-corrected chi connectivity index (χ2v) is 6.22. The summed E-state index contributed by atoms with van der Waals surface area (Å²) in [6, 6.07) is 6.22. The zero-order valence-corrected chi connectivity index (χ0v) is 13.9. The molecule has 0 spiro atoms. The van der Waals surface area contributed by atoms with E-state index < -0.39 is 35.6 Å². The Morgan fingerprint density at radius 3 is 2.32 bits per heavy atom. The average molecular weight is 363 g/mol. The summed E-state index contributed by atoms with van der Waals surface area (Å²) >= 11 is 0.452. The van der Waals surface area contributed by atoms with Crippen LogP contribution in [0.1, 0.15) is 33.6 Å². The first-order chi connectivity index (χ1) is 11.9. The van der Waals surface area contributed by atoms with Gasteiger partial charge in [0, 0.05) is 24.8 Å². The van der Waals surface area contributed by atoms with Crippen molar-refractivity contribution in [2.24, 2.45) is 0 Å². The summed E-state index contributed by atoms with van der Waals surface area (Å²) in [5, 5.41) is 10.3. The van der Waals surface area contributed by atoms with Crippen LogP contribution < -0.4 is 0 Å². The molecule has 0 unspecified atom stereocenters. The molecule has 0 aliphatic carbocycles. The van der Waals surface area contributed by atoms with Crippen LogP contribution in [0, 0.1) is 0 Å². The van der Waals surface area contributed by atoms with Crippen LogP contribution in [0.4, 0.5) is 0 Å². The van der Waals surface area contributed by atoms with Gasteiger partial charge in [0.1, 0.15) is 0 Å². The molecule has 8 nitrogen and oxygen atoms in total. The van der Waals surface area contributed by atoms with Crippen molar-refractivity contribution in [3.63, 3.8) is 0 Å². The minimum atomic E-state index is -1.01. The molecule has 1 aromatic carbocycles. The molecule has 3 rings (SSSR count). The van der Waals surface area contributed by atoms with Crippen LogP contribution in [0.2, 0.25) is 0 Å². The highest BCUT2D eigenvalue weighted by Crippen LogP contribution is 2.35. The van der Waals surface area contributed by atoms with Gasteiger partial charge in [-0.3, -0.25) is 14.4 Å². The van der Waals surface area contributed by atoms with Crippen molar-refractivity contribution in [2.75, 3.05) is 7.11 Å². The van der Waals surface area contributed by atoms with Gasteiger partial charge >= 0.3 is 11.9 Å². The van der Waals surface area contributed by atoms with E-state index in [0.29, 0.717) is 11.9 Å². The van der Waals surface area contributed by atoms with Gasteiger partial charge in [-0.1, -0.05) is 12.1 Å². The number of rotatable bonds is 4. The first-order valence-electron chi connectivity index (χ1n) is 7.30. The summed E-state index contributed by atoms with van der Waals surface area (Å²) in [5.41, 5.74) is 0.409. The van der Waals surface area contributed by atoms with Gasteiger partial charge in [0.25, 0.3) is 11.8 Å². The number of carbonyl (C=O) groups is 4. The molecule has 1 atom stereocenters. The van der Waals surface area contributed by atoms with Crippen molar-refractivity contribution in [1.82, 2.24) is 4.31 Å². The number of carbonyl (C=O) groups excluding carboxylic acids is 4. The van der Waals surface area contributed by atoms with E-state index >= 15 is 0 Å². The van der Waals surface area contributed by atoms with Gasteiger partial charge in [0.05, 0.1) is 18.2 Å². The third-order valence-corrected chi connectivity index (χ3v) is 4.80. The Hall–Kier alpha value is -2.81. The van der Waals surface area contributed by atoms with Crippen LogP contribution in [-0.4, -0.2) is 46.4 Å². The highest BCUT2D eigenvalue weighted by Gasteiger charge is 2.40. The van der Waals surface area contributed by atoms with Crippen molar-refractivity contribution in [2.45, 2.75) is 18.9 Å². The third-order valence-electron chi connectivity index (χ3n) is 3.73. The smallest absolute Gasteiger partial charge is 0.349 e. The third kappa shape index (κ3) is 2.98. The number of amides is 2. The van der Waals surface area contributed by atoms with E-state index in [9.17, 15) is 24.3 Å². The first-order valence-corrected chi connectivity index (χ1v) is 8.08. The summed E-state index contributed by atoms with van der Waals surface area (Å²) < 4.78 is 10.3. The number of fused-ring (bicyclic) bond motifs is 1. The molecule has 1 fully saturated rings. The van der Waals surface area contributed by atoms with Crippen molar-refractivity contribution < 1.29 is 33.8 Å². The first kappa shape index (κ1) is 17.0. The lowest BCUT2D eigenvalue weighted by Gasteiger charge is -2.17. The Labute approximate surface area is 146 Å². The number of benzene rings is 1. The maximum Gasteiger partial charge on any atom is 0.349 e. The zero-order valence-electron chi connectivity index (χ0n) is 13.1. The molecule has 25 heavy (non-hydrogen) atoms. The Morgan fingerprint density at radius 1 is 1.24 bits per heavy atom. The molecule has 1 saturated heterocycles. The van der Waals surface area contributed by atoms with E-state index in [1.54, 1.807) is 12.1 Å². The van der Waals surface area contributed by atoms with Crippen molar-refractivity contribution >= 4 is 35.7 Å². The topological polar surface area (TPSA) is 110 Å². The molecule has 0 radical (unpaired) electrons. The lowest BCUT2D eigenvalue weighted by molar-refractivity contribution is -0.142. The van der Waals surface area contributed by atoms with Gasteiger partial charge < -0.3 is 14.6 Å². The molecule has 2 aliphatic heterocycles. The Morgan fingerprint density at radius 2 is 1.84 bits per heavy atom. The SMILES string of the molecule is COC(=O)/C(SN1C(=O)c2ccccc2C1=O)=C(/O)[C@H]1CCC(=O)O1. The highest BCUT2D eigenvalue weighted by molar-refractivity contribution is 8.02. The number of hydrogen-bond acceptors (Lipinski definition) is 8. The molecule has 2 heterocycles. The number of esters is 2. The Kier molecular flexibility index (Phi) is 4.49. The van der Waals surface area contributed by atoms with Gasteiger partial charge in [0.15, 0.2) is 16.8 Å². The monoisotopic (exact) mass is 363 g/mol. The fourth-order valence-electron chi connectivity index (χ4n) is 2.49. The predicted molar refractivity (Wildman–Crippen MR) is 85.3 cm³/mol. The summed E-state index contributed by atoms with van der Waals surface area (Å²) in [6.45, 7) is 0. The highest BCUT2D eigenvalue weighted by atomic mass is 32.2. The van der Waals surface area contributed by atoms with E-state index in [4.69, 9.17) is 4.74 Å². The molecule has 2 amide bonds. The largest absolute Gasteiger partial charge is 0.507 e. The zero-order chi connectivity index (χ0) is 18.1. The molecule has 0 bridgehead atoms. The Bertz CT molecular complexity index is 781. The van der Waals surface area contributed by atoms with E-state index in [1.165, 1.54) is 12.1 Å². The summed E-state index contributed by atoms with van der Waals surface area (Å²) in [5.74, 6) is -3.21. The van der Waals surface area contributed by atoms with E-state index in [1.807, 2.05) is 0 Å². The van der Waals surface area contributed by atoms with E-state index in [2.05, 4.69) is 4.74 Å². The lowest BCUT2D eigenvalue weighted by Crippen LogP contribution is -2.25. The molecule has 2 aliphatic rings. The van der Waals surface area contributed by atoms with Gasteiger partial charge in [-0.05, 0) is 12.1 Å². The van der Waals surface area contributed by atoms with Crippen molar-refractivity contribution in [3.8, 4) is 0 Å². The van der Waals surface area contributed by atoms with E-state index in [0.717, 1.165) is 11.4 Å². The van der Waals surface area contributed by atoms with Crippen LogP contribution >= 0.6 is 11.9 Å². The molecule has 0 aromatic heterocycles. The standard InChI is InChI=1S/C16H13NO7S/c1-23-16(22)13(12(19)10-6-7-11(18)24-10)25-17-14(20)8-4-2-3-5-9(8)15(17)21/h2-5,10,19H,6-7H2,1H3/b13-12-/t10-/m1/s1. The molecule has 9 heteroatoms. The number of aliphatic hydroxyl groups excluding tert-OH is 1. The summed E-state index contributed by atoms with van der Waals surface area (Å²) in [7, 11) is 1.10. The maximum absolute atomic E-state index is 12.4. The predicted octanol–water partition coefficient (Wildman–Crippen LogP) is 1.58. The van der Waals surface area contributed by atoms with Crippen LogP contribution in [0.3, 0.4) is 0 Å². The van der Waals surface area contributed by atoms with Crippen LogP contribution in [0.15, 0.2) is 34.9 Å². The summed E-state index contributed by atoms with van der Waals surface area (Å²) in [6.07, 6.45) is -0.724. The molecular formula is C16H13NO7S. The van der Waals surface area contributed by atoms with Crippen LogP contribution in [-0.2, 0) is 19.1 Å². The van der Waals surface area contributed by atoms with Crippen molar-refractivity contribution in [1.29, 1.82) is 0 Å². The van der Waals surface area contributed by atoms with Crippen LogP contribution in [0.5, 0.6) is 0 Å². The van der Waals surface area contributed by atoms with Gasteiger partial charge in [0.2, 0.25) is 0 Å². The number of aliphatic hydroxyl groups is 1. The van der Waals surface area contributed by atoms with Gasteiger partial charge in [-0.2, -0.15) is 0 Å². The minimum Gasteiger partial charge on any atom is -0.507 e. The quantitative estimate of drug-likeness (QED) is 0.282. The molecule has 1 N–H and O–H groups in total. The maximum atomic E-state index is 12.4. The second-order valence-electron chi connectivity index (χ2n) is 5.26. The number of cyclic esters (lactones) is 1.